The van der Waals surface area contributed by atoms with Crippen LogP contribution in [0.15, 0.2) is 55.0 Å². The second-order valence-electron chi connectivity index (χ2n) is 8.80. The van der Waals surface area contributed by atoms with Gasteiger partial charge in [-0.1, -0.05) is 12.1 Å². The zero-order valence-electron chi connectivity index (χ0n) is 19.4. The largest absolute Gasteiger partial charge is 0.390 e. The number of carbonyl (C=O) groups excluding carboxylic acids is 1. The number of aromatic nitrogens is 4. The number of pyridine rings is 2. The molecule has 1 aromatic carbocycles. The fraction of sp³-hybridized carbons (Fsp3) is 0.280. The smallest absolute Gasteiger partial charge is 0.257 e. The van der Waals surface area contributed by atoms with Gasteiger partial charge in [-0.3, -0.25) is 9.48 Å². The van der Waals surface area contributed by atoms with Crippen molar-refractivity contribution in [1.29, 1.82) is 0 Å². The van der Waals surface area contributed by atoms with Gasteiger partial charge < -0.3 is 20.2 Å². The van der Waals surface area contributed by atoms with Crippen molar-refractivity contribution in [3.63, 3.8) is 0 Å². The quantitative estimate of drug-likeness (QED) is 0.459. The van der Waals surface area contributed by atoms with Gasteiger partial charge in [0, 0.05) is 55.1 Å². The van der Waals surface area contributed by atoms with Crippen LogP contribution < -0.4 is 10.2 Å². The molecule has 0 spiro atoms. The first-order chi connectivity index (χ1) is 16.4. The van der Waals surface area contributed by atoms with Crippen molar-refractivity contribution in [3.8, 4) is 11.1 Å². The molecule has 0 unspecified atom stereocenters. The van der Waals surface area contributed by atoms with E-state index in [4.69, 9.17) is 0 Å². The Morgan fingerprint density at radius 1 is 1.12 bits per heavy atom. The molecule has 0 radical (unpaired) electrons. The molecule has 5 rings (SSSR count). The summed E-state index contributed by atoms with van der Waals surface area (Å²) in [7, 11) is 5.95. The normalized spacial score (nSPS) is 14.0. The highest BCUT2D eigenvalue weighted by atomic mass is 16.3. The Hall–Kier alpha value is -3.82. The van der Waals surface area contributed by atoms with Crippen molar-refractivity contribution >= 4 is 28.3 Å². The third-order valence-electron chi connectivity index (χ3n) is 6.41. The summed E-state index contributed by atoms with van der Waals surface area (Å²) in [6.45, 7) is 1.70. The van der Waals surface area contributed by atoms with Crippen LogP contribution >= 0.6 is 0 Å². The molecule has 0 bridgehead atoms. The van der Waals surface area contributed by atoms with E-state index in [0.29, 0.717) is 17.4 Å². The van der Waals surface area contributed by atoms with Gasteiger partial charge in [0.25, 0.3) is 5.91 Å². The number of hydrogen-bond acceptors (Lipinski definition) is 7. The molecule has 4 heterocycles. The number of anilines is 2. The number of aliphatic hydroxyl groups excluding tert-OH is 1. The fourth-order valence-corrected chi connectivity index (χ4v) is 4.16. The zero-order chi connectivity index (χ0) is 23.8. The molecule has 4 aromatic rings. The number of nitrogens with zero attached hydrogens (tertiary/aromatic N) is 6. The molecule has 9 heteroatoms. The first-order valence-electron chi connectivity index (χ1n) is 11.1. The maximum atomic E-state index is 12.9. The number of hydrogen-bond donors (Lipinski definition) is 2. The van der Waals surface area contributed by atoms with Crippen LogP contribution in [0, 0.1) is 0 Å². The van der Waals surface area contributed by atoms with E-state index < -0.39 is 0 Å². The third kappa shape index (κ3) is 4.11. The van der Waals surface area contributed by atoms with Crippen LogP contribution in [-0.2, 0) is 13.7 Å². The van der Waals surface area contributed by atoms with Crippen LogP contribution in [-0.4, -0.2) is 68.9 Å². The van der Waals surface area contributed by atoms with E-state index in [1.54, 1.807) is 36.4 Å². The van der Waals surface area contributed by atoms with Gasteiger partial charge in [0.15, 0.2) is 0 Å². The van der Waals surface area contributed by atoms with Crippen molar-refractivity contribution in [2.75, 3.05) is 37.4 Å². The first kappa shape index (κ1) is 22.0. The minimum atomic E-state index is -0.230. The summed E-state index contributed by atoms with van der Waals surface area (Å²) in [6, 6.07) is 11.8. The van der Waals surface area contributed by atoms with Crippen molar-refractivity contribution in [1.82, 2.24) is 24.6 Å². The number of likely N-dealkylation sites (N-methyl/N-ethyl adjacent to an activating group) is 1. The van der Waals surface area contributed by atoms with E-state index in [-0.39, 0.29) is 12.5 Å². The predicted molar refractivity (Wildman–Crippen MR) is 132 cm³/mol. The summed E-state index contributed by atoms with van der Waals surface area (Å²) in [5.74, 6) is 1.04. The molecule has 9 nitrogen and oxygen atoms in total. The summed E-state index contributed by atoms with van der Waals surface area (Å²) in [6.07, 6.45) is 5.15. The SMILES string of the molecule is CN(C)C1CN(c2cc(C(=O)Nc3cc4cc(-c5cnn(C)c5CO)ccc4cn3)ccn2)C1. The maximum absolute atomic E-state index is 12.9. The van der Waals surface area contributed by atoms with E-state index in [1.807, 2.05) is 30.3 Å². The molecule has 0 atom stereocenters. The van der Waals surface area contributed by atoms with E-state index in [1.165, 1.54) is 0 Å². The standard InChI is InChI=1S/C25H27N7O2/c1-30(2)20-13-32(14-20)24-10-17(6-7-26-24)25(34)29-23-9-19-8-16(4-5-18(19)11-27-23)21-12-28-31(3)22(21)15-33/h4-12,20,33H,13-15H2,1-3H3,(H,27,29,34). The minimum absolute atomic E-state index is 0.0946. The van der Waals surface area contributed by atoms with Crippen molar-refractivity contribution in [2.45, 2.75) is 12.6 Å². The van der Waals surface area contributed by atoms with Crippen molar-refractivity contribution in [3.05, 3.63) is 66.2 Å². The second kappa shape index (κ2) is 8.85. The van der Waals surface area contributed by atoms with Gasteiger partial charge >= 0.3 is 0 Å². The average molecular weight is 458 g/mol. The molecule has 1 aliphatic rings. The highest BCUT2D eigenvalue weighted by molar-refractivity contribution is 6.05. The lowest BCUT2D eigenvalue weighted by Gasteiger charge is -2.43. The van der Waals surface area contributed by atoms with Crippen molar-refractivity contribution < 1.29 is 9.90 Å². The van der Waals surface area contributed by atoms with Gasteiger partial charge in [0.1, 0.15) is 11.6 Å². The summed E-state index contributed by atoms with van der Waals surface area (Å²) >= 11 is 0. The lowest BCUT2D eigenvalue weighted by Crippen LogP contribution is -2.57. The second-order valence-corrected chi connectivity index (χ2v) is 8.80. The Labute approximate surface area is 197 Å². The topological polar surface area (TPSA) is 99.4 Å². The number of rotatable bonds is 6. The average Bonchev–Trinajstić information content (AvgIpc) is 3.18. The van der Waals surface area contributed by atoms with Gasteiger partial charge in [-0.2, -0.15) is 5.10 Å². The third-order valence-corrected chi connectivity index (χ3v) is 6.41. The summed E-state index contributed by atoms with van der Waals surface area (Å²) in [5.41, 5.74) is 3.10. The van der Waals surface area contributed by atoms with Crippen LogP contribution in [0.2, 0.25) is 0 Å². The Morgan fingerprint density at radius 2 is 1.94 bits per heavy atom. The molecule has 174 valence electrons. The van der Waals surface area contributed by atoms with Gasteiger partial charge in [-0.25, -0.2) is 9.97 Å². The van der Waals surface area contributed by atoms with E-state index in [9.17, 15) is 9.90 Å². The molecule has 34 heavy (non-hydrogen) atoms. The monoisotopic (exact) mass is 457 g/mol. The molecule has 0 aliphatic carbocycles. The first-order valence-corrected chi connectivity index (χ1v) is 11.1. The molecule has 1 saturated heterocycles. The Kier molecular flexibility index (Phi) is 5.72. The van der Waals surface area contributed by atoms with Crippen LogP contribution in [0.4, 0.5) is 11.6 Å². The lowest BCUT2D eigenvalue weighted by atomic mass is 10.0. The van der Waals surface area contributed by atoms with Crippen LogP contribution in [0.3, 0.4) is 0 Å². The highest BCUT2D eigenvalue weighted by Gasteiger charge is 2.29. The summed E-state index contributed by atoms with van der Waals surface area (Å²) < 4.78 is 1.67. The highest BCUT2D eigenvalue weighted by Crippen LogP contribution is 2.28. The molecular weight excluding hydrogens is 430 g/mol. The number of aryl methyl sites for hydroxylation is 1. The Bertz CT molecular complexity index is 1360. The predicted octanol–water partition coefficient (Wildman–Crippen LogP) is 2.53. The number of carbonyl (C=O) groups is 1. The zero-order valence-corrected chi connectivity index (χ0v) is 19.4. The minimum Gasteiger partial charge on any atom is -0.390 e. The van der Waals surface area contributed by atoms with Crippen molar-refractivity contribution in [2.24, 2.45) is 7.05 Å². The lowest BCUT2D eigenvalue weighted by molar-refractivity contribution is 0.102. The fourth-order valence-electron chi connectivity index (χ4n) is 4.16. The Balaban J connectivity index is 1.36. The molecule has 1 amide bonds. The van der Waals surface area contributed by atoms with Crippen LogP contribution in [0.5, 0.6) is 0 Å². The number of nitrogens with one attached hydrogen (secondary N) is 1. The Morgan fingerprint density at radius 3 is 2.71 bits per heavy atom. The summed E-state index contributed by atoms with van der Waals surface area (Å²) in [4.78, 5) is 26.1. The number of aliphatic hydroxyl groups is 1. The molecule has 2 N–H and O–H groups in total. The molecule has 1 aliphatic heterocycles. The maximum Gasteiger partial charge on any atom is 0.257 e. The molecule has 0 saturated carbocycles. The van der Waals surface area contributed by atoms with Crippen LogP contribution in [0.1, 0.15) is 16.1 Å². The van der Waals surface area contributed by atoms with E-state index in [0.717, 1.165) is 46.5 Å². The molecule has 1 fully saturated rings. The van der Waals surface area contributed by atoms with E-state index in [2.05, 4.69) is 44.3 Å². The van der Waals surface area contributed by atoms with Gasteiger partial charge in [0.2, 0.25) is 0 Å². The molecule has 3 aromatic heterocycles. The van der Waals surface area contributed by atoms with Crippen LogP contribution in [0.25, 0.3) is 21.9 Å². The van der Waals surface area contributed by atoms with Gasteiger partial charge in [0.05, 0.1) is 18.5 Å². The van der Waals surface area contributed by atoms with Gasteiger partial charge in [-0.15, -0.1) is 0 Å². The van der Waals surface area contributed by atoms with Gasteiger partial charge in [-0.05, 0) is 49.3 Å². The summed E-state index contributed by atoms with van der Waals surface area (Å²) in [5, 5.41) is 18.7. The number of benzene rings is 1. The number of fused-ring (bicyclic) bond motifs is 1. The number of amides is 1. The molecular formula is C25H27N7O2. The van der Waals surface area contributed by atoms with E-state index >= 15 is 0 Å².